The molecule has 0 saturated heterocycles. The molecule has 10 nitrogen and oxygen atoms in total. The van der Waals surface area contributed by atoms with Crippen molar-refractivity contribution >= 4 is 22.3 Å². The van der Waals surface area contributed by atoms with Crippen LogP contribution in [0.25, 0.3) is 0 Å². The predicted octanol–water partition coefficient (Wildman–Crippen LogP) is -0.315. The summed E-state index contributed by atoms with van der Waals surface area (Å²) in [6.45, 7) is -0.268. The minimum absolute atomic E-state index is 0.113. The predicted molar refractivity (Wildman–Crippen MR) is 90.3 cm³/mol. The van der Waals surface area contributed by atoms with Gasteiger partial charge in [0, 0.05) is 16.7 Å². The van der Waals surface area contributed by atoms with E-state index in [1.807, 2.05) is 0 Å². The van der Waals surface area contributed by atoms with E-state index in [2.05, 4.69) is 20.3 Å². The van der Waals surface area contributed by atoms with Crippen LogP contribution in [0, 0.1) is 11.6 Å². The van der Waals surface area contributed by atoms with Gasteiger partial charge in [-0.1, -0.05) is 6.07 Å². The Morgan fingerprint density at radius 2 is 2.15 bits per heavy atom. The highest BCUT2D eigenvalue weighted by Gasteiger charge is 2.45. The third kappa shape index (κ3) is 4.32. The molecule has 0 bridgehead atoms. The number of nitrogens with zero attached hydrogens (tertiary/aromatic N) is 6. The van der Waals surface area contributed by atoms with Crippen LogP contribution in [0.4, 0.5) is 8.78 Å². The van der Waals surface area contributed by atoms with Gasteiger partial charge in [-0.2, -0.15) is 19.4 Å². The monoisotopic (exact) mass is 399 g/mol. The van der Waals surface area contributed by atoms with Crippen molar-refractivity contribution < 1.29 is 21.4 Å². The molecular weight excluding hydrogens is 384 g/mol. The van der Waals surface area contributed by atoms with Crippen molar-refractivity contribution in [1.82, 2.24) is 24.9 Å². The van der Waals surface area contributed by atoms with Crippen LogP contribution in [0.2, 0.25) is 0 Å². The summed E-state index contributed by atoms with van der Waals surface area (Å²) in [6, 6.07) is 2.72. The van der Waals surface area contributed by atoms with Crippen molar-refractivity contribution in [2.75, 3.05) is 6.26 Å². The van der Waals surface area contributed by atoms with Crippen molar-refractivity contribution in [2.24, 2.45) is 10.9 Å². The molecule has 0 fully saturated rings. The second-order valence-corrected chi connectivity index (χ2v) is 7.41. The Labute approximate surface area is 153 Å². The Balaban J connectivity index is 2.16. The lowest BCUT2D eigenvalue weighted by molar-refractivity contribution is 0.0535. The van der Waals surface area contributed by atoms with E-state index in [0.717, 1.165) is 23.4 Å². The molecule has 13 heteroatoms. The molecule has 0 amide bonds. The van der Waals surface area contributed by atoms with E-state index in [-0.39, 0.29) is 24.4 Å². The zero-order valence-corrected chi connectivity index (χ0v) is 14.8. The maximum absolute atomic E-state index is 14.6. The number of nitrogens with two attached hydrogens (primary N) is 1. The maximum atomic E-state index is 14.6. The number of hydrogen-bond acceptors (Lipinski definition) is 9. The Morgan fingerprint density at radius 3 is 2.70 bits per heavy atom. The van der Waals surface area contributed by atoms with Gasteiger partial charge in [-0.25, -0.2) is 18.4 Å². The first-order valence-corrected chi connectivity index (χ1v) is 9.33. The molecule has 2 N–H and O–H groups in total. The van der Waals surface area contributed by atoms with Gasteiger partial charge in [0.2, 0.25) is 0 Å². The summed E-state index contributed by atoms with van der Waals surface area (Å²) in [4.78, 5) is 3.78. The molecule has 1 aliphatic heterocycles. The fourth-order valence-electron chi connectivity index (χ4n) is 2.71. The highest BCUT2D eigenvalue weighted by Crippen LogP contribution is 2.36. The molecule has 0 aliphatic carbocycles. The lowest BCUT2D eigenvalue weighted by Crippen LogP contribution is -2.44. The van der Waals surface area contributed by atoms with Gasteiger partial charge in [-0.3, -0.25) is 4.18 Å². The normalized spacial score (nSPS) is 16.4. The van der Waals surface area contributed by atoms with Gasteiger partial charge in [0.05, 0.1) is 24.3 Å². The smallest absolute Gasteiger partial charge is 0.256 e. The Morgan fingerprint density at radius 1 is 1.37 bits per heavy atom. The summed E-state index contributed by atoms with van der Waals surface area (Å²) in [6.07, 6.45) is 4.24. The maximum Gasteiger partial charge on any atom is 0.334 e. The molecule has 1 unspecified atom stereocenters. The first-order chi connectivity index (χ1) is 12.7. The fraction of sp³-hybridized carbons (Fsp3) is 0.286. The molecule has 0 saturated carbocycles. The minimum Gasteiger partial charge on any atom is -0.256 e. The standard InChI is InChI=1S/C14H15F2N7O3S/c1-27(24,25)26-14(6-22-8-18-7-20-22,5-13-21-19-9-23(13)17)11-3-2-10(15)4-12(11)16/h2-4,7-9H,5-6,17H2,1H3/q+1. The van der Waals surface area contributed by atoms with Crippen molar-refractivity contribution in [3.05, 3.63) is 48.1 Å². The van der Waals surface area contributed by atoms with Gasteiger partial charge >= 0.3 is 6.34 Å². The van der Waals surface area contributed by atoms with Gasteiger partial charge in [-0.15, -0.1) is 5.01 Å². The third-order valence-electron chi connectivity index (χ3n) is 3.71. The SMILES string of the molecule is CS(=O)(=O)OC(CC1=N[N+]=CN1N)(Cn1cncn1)c1ccc(F)cc1F. The molecule has 27 heavy (non-hydrogen) atoms. The Kier molecular flexibility index (Phi) is 4.99. The summed E-state index contributed by atoms with van der Waals surface area (Å²) in [5.41, 5.74) is -2.09. The molecule has 0 spiro atoms. The molecule has 1 atom stereocenters. The fourth-order valence-corrected chi connectivity index (χ4v) is 3.49. The zero-order chi connectivity index (χ0) is 19.7. The number of amidine groups is 1. The first kappa shape index (κ1) is 19.0. The van der Waals surface area contributed by atoms with Gasteiger partial charge < -0.3 is 0 Å². The molecule has 1 aromatic carbocycles. The summed E-state index contributed by atoms with van der Waals surface area (Å²) < 4.78 is 58.6. The molecule has 3 rings (SSSR count). The van der Waals surface area contributed by atoms with E-state index >= 15 is 0 Å². The van der Waals surface area contributed by atoms with E-state index in [1.165, 1.54) is 23.7 Å². The van der Waals surface area contributed by atoms with Crippen molar-refractivity contribution in [3.63, 3.8) is 0 Å². The zero-order valence-electron chi connectivity index (χ0n) is 14.0. The summed E-state index contributed by atoms with van der Waals surface area (Å²) in [5, 5.41) is 12.4. The largest absolute Gasteiger partial charge is 0.334 e. The molecule has 143 valence electrons. The second-order valence-electron chi connectivity index (χ2n) is 5.83. The average molecular weight is 399 g/mol. The van der Waals surface area contributed by atoms with Gasteiger partial charge in [0.25, 0.3) is 16.0 Å². The van der Waals surface area contributed by atoms with Crippen LogP contribution in [-0.2, 0) is 26.4 Å². The summed E-state index contributed by atoms with van der Waals surface area (Å²) in [5.74, 6) is 4.01. The van der Waals surface area contributed by atoms with Crippen molar-refractivity contribution in [2.45, 2.75) is 18.6 Å². The molecule has 2 aromatic rings. The number of rotatable bonds is 7. The lowest BCUT2D eigenvalue weighted by Gasteiger charge is -2.32. The van der Waals surface area contributed by atoms with Gasteiger partial charge in [-0.05, 0) is 6.07 Å². The van der Waals surface area contributed by atoms with Crippen LogP contribution in [0.1, 0.15) is 12.0 Å². The van der Waals surface area contributed by atoms with Crippen molar-refractivity contribution in [1.29, 1.82) is 0 Å². The molecule has 1 aliphatic rings. The first-order valence-electron chi connectivity index (χ1n) is 7.51. The second kappa shape index (κ2) is 7.09. The number of hydrogen-bond donors (Lipinski definition) is 1. The minimum atomic E-state index is -4.10. The molecular formula is C14H15F2N7O3S+. The number of hydrazine groups is 1. The quantitative estimate of drug-likeness (QED) is 0.499. The van der Waals surface area contributed by atoms with E-state index in [9.17, 15) is 17.2 Å². The third-order valence-corrected chi connectivity index (χ3v) is 4.33. The molecule has 1 aromatic heterocycles. The van der Waals surface area contributed by atoms with Crippen LogP contribution in [0.3, 0.4) is 0 Å². The van der Waals surface area contributed by atoms with E-state index in [4.69, 9.17) is 10.0 Å². The van der Waals surface area contributed by atoms with Crippen molar-refractivity contribution in [3.8, 4) is 0 Å². The Hall–Kier alpha value is -2.77. The van der Waals surface area contributed by atoms with Crippen LogP contribution < -0.4 is 10.9 Å². The molecule has 2 heterocycles. The van der Waals surface area contributed by atoms with Crippen LogP contribution >= 0.6 is 0 Å². The van der Waals surface area contributed by atoms with Gasteiger partial charge in [0.1, 0.15) is 29.9 Å². The van der Waals surface area contributed by atoms with Gasteiger partial charge in [0.15, 0.2) is 0 Å². The molecule has 1 radical (unpaired) electrons. The van der Waals surface area contributed by atoms with E-state index in [1.54, 1.807) is 0 Å². The topological polar surface area (TPSA) is 130 Å². The summed E-state index contributed by atoms with van der Waals surface area (Å²) in [7, 11) is -4.10. The lowest BCUT2D eigenvalue weighted by atomic mass is 9.89. The van der Waals surface area contributed by atoms with Crippen LogP contribution in [0.5, 0.6) is 0 Å². The average Bonchev–Trinajstić information content (AvgIpc) is 3.18. The van der Waals surface area contributed by atoms with Crippen LogP contribution in [-0.4, -0.2) is 46.6 Å². The Bertz CT molecular complexity index is 994. The van der Waals surface area contributed by atoms with E-state index < -0.39 is 27.4 Å². The number of benzene rings is 1. The highest BCUT2D eigenvalue weighted by molar-refractivity contribution is 7.86. The number of halogens is 2. The summed E-state index contributed by atoms with van der Waals surface area (Å²) >= 11 is 0. The van der Waals surface area contributed by atoms with Crippen LogP contribution in [0.15, 0.2) is 36.0 Å². The number of aromatic nitrogens is 3. The highest BCUT2D eigenvalue weighted by atomic mass is 32.2. The van der Waals surface area contributed by atoms with E-state index in [0.29, 0.717) is 6.07 Å².